The SMILES string of the molecule is C=C(C)C(NC(C)(C)c1ccccc1)C(=O)O. The molecule has 0 heterocycles. The first kappa shape index (κ1) is 13.5. The van der Waals surface area contributed by atoms with Crippen LogP contribution in [0.3, 0.4) is 0 Å². The summed E-state index contributed by atoms with van der Waals surface area (Å²) < 4.78 is 0. The lowest BCUT2D eigenvalue weighted by Crippen LogP contribution is -2.48. The molecule has 0 fully saturated rings. The average Bonchev–Trinajstić information content (AvgIpc) is 2.26. The third-order valence-electron chi connectivity index (χ3n) is 2.74. The van der Waals surface area contributed by atoms with Crippen LogP contribution in [0.2, 0.25) is 0 Å². The highest BCUT2D eigenvalue weighted by Crippen LogP contribution is 2.21. The number of carboxylic acid groups (broad SMARTS) is 1. The van der Waals surface area contributed by atoms with Crippen LogP contribution < -0.4 is 5.32 Å². The molecule has 3 heteroatoms. The molecule has 0 amide bonds. The standard InChI is InChI=1S/C14H19NO2/c1-10(2)12(13(16)17)15-14(3,4)11-8-6-5-7-9-11/h5-9,12,15H,1H2,2-4H3,(H,16,17). The van der Waals surface area contributed by atoms with Crippen LogP contribution in [0.5, 0.6) is 0 Å². The van der Waals surface area contributed by atoms with Gasteiger partial charge in [0.2, 0.25) is 0 Å². The molecule has 0 aliphatic heterocycles. The first-order valence-corrected chi connectivity index (χ1v) is 5.56. The molecular formula is C14H19NO2. The van der Waals surface area contributed by atoms with E-state index in [-0.39, 0.29) is 0 Å². The number of carbonyl (C=O) groups is 1. The van der Waals surface area contributed by atoms with Crippen LogP contribution in [0.25, 0.3) is 0 Å². The highest BCUT2D eigenvalue weighted by Gasteiger charge is 2.28. The van der Waals surface area contributed by atoms with Gasteiger partial charge in [-0.05, 0) is 26.3 Å². The highest BCUT2D eigenvalue weighted by molar-refractivity contribution is 5.77. The quantitative estimate of drug-likeness (QED) is 0.768. The molecule has 0 saturated carbocycles. The predicted octanol–water partition coefficient (Wildman–Crippen LogP) is 2.54. The van der Waals surface area contributed by atoms with Crippen molar-refractivity contribution >= 4 is 5.97 Å². The van der Waals surface area contributed by atoms with Crippen molar-refractivity contribution < 1.29 is 9.90 Å². The number of benzene rings is 1. The minimum absolute atomic E-state index is 0.413. The summed E-state index contributed by atoms with van der Waals surface area (Å²) in [6.07, 6.45) is 0. The van der Waals surface area contributed by atoms with Crippen LogP contribution in [0.1, 0.15) is 26.3 Å². The lowest BCUT2D eigenvalue weighted by Gasteiger charge is -2.31. The molecule has 0 bridgehead atoms. The number of aliphatic carboxylic acids is 1. The van der Waals surface area contributed by atoms with Gasteiger partial charge in [-0.1, -0.05) is 42.5 Å². The molecule has 1 unspecified atom stereocenters. The van der Waals surface area contributed by atoms with Gasteiger partial charge in [0, 0.05) is 5.54 Å². The summed E-state index contributed by atoms with van der Waals surface area (Å²) in [5.74, 6) is -0.901. The third kappa shape index (κ3) is 3.43. The Morgan fingerprint density at radius 1 is 1.35 bits per heavy atom. The molecule has 0 aliphatic carbocycles. The monoisotopic (exact) mass is 233 g/mol. The normalized spacial score (nSPS) is 13.1. The molecule has 1 atom stereocenters. The van der Waals surface area contributed by atoms with E-state index < -0.39 is 17.6 Å². The van der Waals surface area contributed by atoms with E-state index >= 15 is 0 Å². The highest BCUT2D eigenvalue weighted by atomic mass is 16.4. The van der Waals surface area contributed by atoms with Gasteiger partial charge >= 0.3 is 5.97 Å². The first-order chi connectivity index (χ1) is 7.84. The number of hydrogen-bond donors (Lipinski definition) is 2. The van der Waals surface area contributed by atoms with Crippen molar-refractivity contribution in [3.63, 3.8) is 0 Å². The average molecular weight is 233 g/mol. The van der Waals surface area contributed by atoms with Gasteiger partial charge in [-0.15, -0.1) is 0 Å². The van der Waals surface area contributed by atoms with E-state index in [4.69, 9.17) is 5.11 Å². The van der Waals surface area contributed by atoms with Crippen LogP contribution in [0.4, 0.5) is 0 Å². The van der Waals surface area contributed by atoms with E-state index in [1.54, 1.807) is 6.92 Å². The van der Waals surface area contributed by atoms with Crippen molar-refractivity contribution in [2.24, 2.45) is 0 Å². The maximum absolute atomic E-state index is 11.1. The maximum atomic E-state index is 11.1. The molecule has 1 aromatic rings. The number of hydrogen-bond acceptors (Lipinski definition) is 2. The van der Waals surface area contributed by atoms with E-state index in [0.717, 1.165) is 5.56 Å². The Kier molecular flexibility index (Phi) is 4.07. The summed E-state index contributed by atoms with van der Waals surface area (Å²) in [4.78, 5) is 11.1. The molecular weight excluding hydrogens is 214 g/mol. The Labute approximate surface area is 102 Å². The summed E-state index contributed by atoms with van der Waals surface area (Å²) in [5.41, 5.74) is 1.23. The molecule has 0 radical (unpaired) electrons. The summed E-state index contributed by atoms with van der Waals surface area (Å²) in [6.45, 7) is 9.35. The first-order valence-electron chi connectivity index (χ1n) is 5.56. The number of carboxylic acids is 1. The van der Waals surface area contributed by atoms with Gasteiger partial charge in [0.05, 0.1) is 0 Å². The van der Waals surface area contributed by atoms with Crippen molar-refractivity contribution in [3.05, 3.63) is 48.0 Å². The summed E-state index contributed by atoms with van der Waals surface area (Å²) in [5, 5.41) is 12.2. The summed E-state index contributed by atoms with van der Waals surface area (Å²) in [7, 11) is 0. The zero-order chi connectivity index (χ0) is 13.1. The van der Waals surface area contributed by atoms with Crippen molar-refractivity contribution in [2.75, 3.05) is 0 Å². The van der Waals surface area contributed by atoms with Crippen LogP contribution in [-0.2, 0) is 10.3 Å². The number of nitrogens with one attached hydrogen (secondary N) is 1. The fourth-order valence-electron chi connectivity index (χ4n) is 1.69. The Bertz CT molecular complexity index is 395. The zero-order valence-electron chi connectivity index (χ0n) is 10.5. The predicted molar refractivity (Wildman–Crippen MR) is 68.8 cm³/mol. The van der Waals surface area contributed by atoms with Crippen molar-refractivity contribution in [1.29, 1.82) is 0 Å². The molecule has 0 saturated heterocycles. The van der Waals surface area contributed by atoms with E-state index in [0.29, 0.717) is 5.57 Å². The molecule has 1 aromatic carbocycles. The topological polar surface area (TPSA) is 49.3 Å². The zero-order valence-corrected chi connectivity index (χ0v) is 10.5. The Morgan fingerprint density at radius 2 is 1.88 bits per heavy atom. The van der Waals surface area contributed by atoms with Gasteiger partial charge in [0.1, 0.15) is 6.04 Å². The Morgan fingerprint density at radius 3 is 2.29 bits per heavy atom. The van der Waals surface area contributed by atoms with Gasteiger partial charge in [-0.3, -0.25) is 10.1 Å². The molecule has 3 nitrogen and oxygen atoms in total. The van der Waals surface area contributed by atoms with Crippen LogP contribution >= 0.6 is 0 Å². The lowest BCUT2D eigenvalue weighted by atomic mass is 9.92. The van der Waals surface area contributed by atoms with E-state index in [2.05, 4.69) is 11.9 Å². The number of rotatable bonds is 5. The molecule has 17 heavy (non-hydrogen) atoms. The second-order valence-electron chi connectivity index (χ2n) is 4.75. The summed E-state index contributed by atoms with van der Waals surface area (Å²) in [6, 6.07) is 9.04. The molecule has 92 valence electrons. The van der Waals surface area contributed by atoms with Crippen LogP contribution in [0, 0.1) is 0 Å². The molecule has 1 rings (SSSR count). The second-order valence-corrected chi connectivity index (χ2v) is 4.75. The second kappa shape index (κ2) is 5.15. The van der Waals surface area contributed by atoms with Gasteiger partial charge in [0.25, 0.3) is 0 Å². The van der Waals surface area contributed by atoms with E-state index in [1.807, 2.05) is 44.2 Å². The van der Waals surface area contributed by atoms with E-state index in [1.165, 1.54) is 0 Å². The van der Waals surface area contributed by atoms with E-state index in [9.17, 15) is 4.79 Å². The van der Waals surface area contributed by atoms with Crippen LogP contribution in [0.15, 0.2) is 42.5 Å². The molecule has 0 spiro atoms. The van der Waals surface area contributed by atoms with Crippen molar-refractivity contribution in [1.82, 2.24) is 5.32 Å². The fraction of sp³-hybridized carbons (Fsp3) is 0.357. The minimum atomic E-state index is -0.901. The summed E-state index contributed by atoms with van der Waals surface area (Å²) >= 11 is 0. The smallest absolute Gasteiger partial charge is 0.325 e. The van der Waals surface area contributed by atoms with Gasteiger partial charge in [-0.25, -0.2) is 0 Å². The Hall–Kier alpha value is -1.61. The van der Waals surface area contributed by atoms with Crippen molar-refractivity contribution in [3.8, 4) is 0 Å². The lowest BCUT2D eigenvalue weighted by molar-refractivity contribution is -0.138. The fourth-order valence-corrected chi connectivity index (χ4v) is 1.69. The largest absolute Gasteiger partial charge is 0.480 e. The van der Waals surface area contributed by atoms with Gasteiger partial charge < -0.3 is 5.11 Å². The minimum Gasteiger partial charge on any atom is -0.480 e. The third-order valence-corrected chi connectivity index (χ3v) is 2.74. The maximum Gasteiger partial charge on any atom is 0.325 e. The van der Waals surface area contributed by atoms with Crippen LogP contribution in [-0.4, -0.2) is 17.1 Å². The van der Waals surface area contributed by atoms with Gasteiger partial charge in [-0.2, -0.15) is 0 Å². The Balaban J connectivity index is 2.92. The van der Waals surface area contributed by atoms with Gasteiger partial charge in [0.15, 0.2) is 0 Å². The molecule has 2 N–H and O–H groups in total. The van der Waals surface area contributed by atoms with Crippen molar-refractivity contribution in [2.45, 2.75) is 32.4 Å². The molecule has 0 aliphatic rings. The molecule has 0 aromatic heterocycles.